The maximum atomic E-state index is 12.4. The molecule has 360 valence electrons. The number of hydrogen-bond acceptors (Lipinski definition) is 12. The predicted molar refractivity (Wildman–Crippen MR) is 269 cm³/mol. The summed E-state index contributed by atoms with van der Waals surface area (Å²) in [6, 6.07) is 39.3. The lowest BCUT2D eigenvalue weighted by Gasteiger charge is -2.22. The van der Waals surface area contributed by atoms with Crippen molar-refractivity contribution in [2.24, 2.45) is 0 Å². The van der Waals surface area contributed by atoms with Crippen LogP contribution in [0.5, 0.6) is 0 Å². The molecular weight excluding hydrogens is 859 g/mol. The van der Waals surface area contributed by atoms with Gasteiger partial charge in [0.2, 0.25) is 17.8 Å². The van der Waals surface area contributed by atoms with Gasteiger partial charge in [0.1, 0.15) is 0 Å². The van der Waals surface area contributed by atoms with Crippen molar-refractivity contribution in [2.75, 3.05) is 30.0 Å². The molecule has 0 fully saturated rings. The molecule has 2 heterocycles. The van der Waals surface area contributed by atoms with E-state index in [1.807, 2.05) is 159 Å². The van der Waals surface area contributed by atoms with E-state index in [-0.39, 0.29) is 23.7 Å². The number of methoxy groups -OCH3 is 1. The van der Waals surface area contributed by atoms with Crippen molar-refractivity contribution >= 4 is 58.3 Å². The van der Waals surface area contributed by atoms with Gasteiger partial charge in [-0.2, -0.15) is 0 Å². The molecule has 0 aliphatic rings. The van der Waals surface area contributed by atoms with Crippen molar-refractivity contribution in [3.8, 4) is 0 Å². The number of aromatic nitrogens is 4. The maximum absolute atomic E-state index is 12.4. The summed E-state index contributed by atoms with van der Waals surface area (Å²) in [5.74, 6) is -0.00521. The molecule has 0 atom stereocenters. The molecule has 0 saturated heterocycles. The summed E-state index contributed by atoms with van der Waals surface area (Å²) in [6.07, 6.45) is 13.7. The average molecular weight is 926 g/mol. The van der Waals surface area contributed by atoms with E-state index in [1.165, 1.54) is 19.5 Å². The third kappa shape index (κ3) is 19.1. The summed E-state index contributed by atoms with van der Waals surface area (Å²) < 4.78 is 4.62. The lowest BCUT2D eigenvalue weighted by Crippen LogP contribution is -2.25. The van der Waals surface area contributed by atoms with Gasteiger partial charge in [-0.1, -0.05) is 126 Å². The Morgan fingerprint density at radius 3 is 1.09 bits per heavy atom. The minimum Gasteiger partial charge on any atom is -0.469 e. The summed E-state index contributed by atoms with van der Waals surface area (Å²) in [5.41, 5.74) is 6.15. The summed E-state index contributed by atoms with van der Waals surface area (Å²) in [7, 11) is 1.40. The van der Waals surface area contributed by atoms with Crippen LogP contribution in [-0.2, 0) is 14.3 Å². The predicted octanol–water partition coefficient (Wildman–Crippen LogP) is 11.0. The first kappa shape index (κ1) is 54.8. The number of carbonyl (C=O) groups is 4. The molecule has 15 nitrogen and oxygen atoms in total. The standard InChI is InChI=1S/C25H28N4O3.C24H27N5O3.2C2H6/c1-32-23(30)16-10-2-3-11-17-26-24(31)20-18-27-25(28-19-20)29(21-12-6-4-7-13-21)22-14-8-5-9-15-22;30-22(28-32)15-9-1-2-10-16-25-23(31)19-17-26-24(27-18-19)29(20-11-5-3-6-12-20)21-13-7-4-8-14-21;2*1-2/h4-9,12-15,18-19H,2-3,10-11,16-17H2,1H3,(H,26,31);3-8,11-14,17-18,32H,1-2,9-10,15-16H2,(H,25,31)(H,28,30);2*1-2H3. The number of amides is 3. The fourth-order valence-electron chi connectivity index (χ4n) is 6.45. The highest BCUT2D eigenvalue weighted by Gasteiger charge is 2.17. The van der Waals surface area contributed by atoms with Crippen molar-refractivity contribution in [3.63, 3.8) is 0 Å². The van der Waals surface area contributed by atoms with Crippen molar-refractivity contribution in [3.05, 3.63) is 157 Å². The van der Waals surface area contributed by atoms with E-state index in [4.69, 9.17) is 5.21 Å². The highest BCUT2D eigenvalue weighted by molar-refractivity contribution is 5.94. The van der Waals surface area contributed by atoms with Crippen LogP contribution in [0.3, 0.4) is 0 Å². The molecule has 0 unspecified atom stereocenters. The molecule has 15 heteroatoms. The Labute approximate surface area is 401 Å². The lowest BCUT2D eigenvalue weighted by atomic mass is 10.1. The number of benzene rings is 4. The van der Waals surface area contributed by atoms with Gasteiger partial charge < -0.3 is 15.4 Å². The first-order valence-electron chi connectivity index (χ1n) is 23.4. The Bertz CT molecular complexity index is 2050. The highest BCUT2D eigenvalue weighted by Crippen LogP contribution is 2.32. The minimum absolute atomic E-state index is 0.181. The van der Waals surface area contributed by atoms with Crippen LogP contribution in [0.25, 0.3) is 0 Å². The van der Waals surface area contributed by atoms with Crippen LogP contribution in [0.1, 0.15) is 113 Å². The number of nitrogens with zero attached hydrogens (tertiary/aromatic N) is 6. The van der Waals surface area contributed by atoms with Crippen molar-refractivity contribution in [1.29, 1.82) is 0 Å². The number of nitrogens with one attached hydrogen (secondary N) is 3. The smallest absolute Gasteiger partial charge is 0.305 e. The van der Waals surface area contributed by atoms with Gasteiger partial charge in [0.25, 0.3) is 11.8 Å². The van der Waals surface area contributed by atoms with Gasteiger partial charge in [-0.3, -0.25) is 34.2 Å². The van der Waals surface area contributed by atoms with E-state index in [1.54, 1.807) is 17.9 Å². The molecule has 6 rings (SSSR count). The lowest BCUT2D eigenvalue weighted by molar-refractivity contribution is -0.140. The largest absolute Gasteiger partial charge is 0.469 e. The van der Waals surface area contributed by atoms with Crippen LogP contribution >= 0.6 is 0 Å². The summed E-state index contributed by atoms with van der Waals surface area (Å²) in [5, 5.41) is 14.2. The molecular formula is C53H67N9O6. The van der Waals surface area contributed by atoms with E-state index in [0.717, 1.165) is 67.7 Å². The number of hydroxylamine groups is 1. The summed E-state index contributed by atoms with van der Waals surface area (Å²) in [6.45, 7) is 9.10. The van der Waals surface area contributed by atoms with Crippen LogP contribution in [0, 0.1) is 0 Å². The molecule has 4 N–H and O–H groups in total. The van der Waals surface area contributed by atoms with Crippen molar-refractivity contribution < 1.29 is 29.1 Å². The quantitative estimate of drug-likeness (QED) is 0.0218. The fraction of sp³-hybridized carbons (Fsp3) is 0.321. The van der Waals surface area contributed by atoms with E-state index >= 15 is 0 Å². The zero-order valence-electron chi connectivity index (χ0n) is 40.0. The van der Waals surface area contributed by atoms with Crippen molar-refractivity contribution in [2.45, 2.75) is 91.9 Å². The van der Waals surface area contributed by atoms with Gasteiger partial charge in [-0.25, -0.2) is 25.4 Å². The molecule has 0 spiro atoms. The number of carbonyl (C=O) groups excluding carboxylic acids is 4. The van der Waals surface area contributed by atoms with Crippen LogP contribution in [0.15, 0.2) is 146 Å². The third-order valence-electron chi connectivity index (χ3n) is 9.82. The monoisotopic (exact) mass is 926 g/mol. The van der Waals surface area contributed by atoms with Gasteiger partial charge in [0, 0.05) is 73.5 Å². The average Bonchev–Trinajstić information content (AvgIpc) is 3.41. The Kier molecular flexibility index (Phi) is 26.6. The molecule has 0 aliphatic carbocycles. The Hall–Kier alpha value is -7.52. The second-order valence-electron chi connectivity index (χ2n) is 14.5. The number of ether oxygens (including phenoxy) is 1. The number of unbranched alkanes of at least 4 members (excludes halogenated alkanes) is 6. The van der Waals surface area contributed by atoms with E-state index in [0.29, 0.717) is 55.4 Å². The number of rotatable bonds is 22. The minimum atomic E-state index is -0.375. The van der Waals surface area contributed by atoms with Gasteiger partial charge >= 0.3 is 5.97 Å². The number of hydrogen-bond donors (Lipinski definition) is 4. The highest BCUT2D eigenvalue weighted by atomic mass is 16.5. The first-order chi connectivity index (χ1) is 33.4. The second kappa shape index (κ2) is 33.0. The van der Waals surface area contributed by atoms with Gasteiger partial charge in [-0.15, -0.1) is 0 Å². The fourth-order valence-corrected chi connectivity index (χ4v) is 6.45. The molecule has 68 heavy (non-hydrogen) atoms. The molecule has 3 amide bonds. The van der Waals surface area contributed by atoms with Gasteiger partial charge in [0.05, 0.1) is 18.2 Å². The summed E-state index contributed by atoms with van der Waals surface area (Å²) >= 11 is 0. The molecule has 6 aromatic rings. The summed E-state index contributed by atoms with van der Waals surface area (Å²) in [4.78, 5) is 68.5. The number of anilines is 6. The van der Waals surface area contributed by atoms with Crippen LogP contribution < -0.4 is 25.9 Å². The topological polar surface area (TPSA) is 192 Å². The Morgan fingerprint density at radius 2 is 0.779 bits per heavy atom. The van der Waals surface area contributed by atoms with Crippen LogP contribution in [-0.4, -0.2) is 69.0 Å². The third-order valence-corrected chi connectivity index (χ3v) is 9.82. The second-order valence-corrected chi connectivity index (χ2v) is 14.5. The van der Waals surface area contributed by atoms with Gasteiger partial charge in [-0.05, 0) is 74.2 Å². The number of esters is 1. The molecule has 0 aliphatic heterocycles. The van der Waals surface area contributed by atoms with E-state index < -0.39 is 0 Å². The maximum Gasteiger partial charge on any atom is 0.305 e. The molecule has 0 bridgehead atoms. The SMILES string of the molecule is CC.CC.COC(=O)CCCCCCNC(=O)c1cnc(N(c2ccccc2)c2ccccc2)nc1.O=C(CCCCCCNC(=O)c1cnc(N(c2ccccc2)c2ccccc2)nc1)NO. The normalized spacial score (nSPS) is 9.97. The molecule has 2 aromatic heterocycles. The zero-order chi connectivity index (χ0) is 49.2. The van der Waals surface area contributed by atoms with Gasteiger partial charge in [0.15, 0.2) is 0 Å². The van der Waals surface area contributed by atoms with E-state index in [9.17, 15) is 19.2 Å². The Balaban J connectivity index is 0.000000336. The Morgan fingerprint density at radius 1 is 0.471 bits per heavy atom. The van der Waals surface area contributed by atoms with E-state index in [2.05, 4.69) is 35.3 Å². The number of para-hydroxylation sites is 4. The zero-order valence-corrected chi connectivity index (χ0v) is 40.0. The molecule has 0 radical (unpaired) electrons. The van der Waals surface area contributed by atoms with Crippen molar-refractivity contribution in [1.82, 2.24) is 36.0 Å². The molecule has 0 saturated carbocycles. The first-order valence-corrected chi connectivity index (χ1v) is 23.4. The van der Waals surface area contributed by atoms with Crippen LogP contribution in [0.2, 0.25) is 0 Å². The molecule has 4 aromatic carbocycles. The van der Waals surface area contributed by atoms with Crippen LogP contribution in [0.4, 0.5) is 34.6 Å².